The Bertz CT molecular complexity index is 719. The number of likely N-dealkylation sites (tertiary alicyclic amines) is 1. The largest absolute Gasteiger partial charge is 0.465 e. The lowest BCUT2D eigenvalue weighted by Crippen LogP contribution is -2.45. The zero-order chi connectivity index (χ0) is 17.6. The number of halogens is 2. The van der Waals surface area contributed by atoms with Crippen molar-refractivity contribution in [2.75, 3.05) is 11.6 Å². The Hall–Kier alpha value is -1.35. The van der Waals surface area contributed by atoms with E-state index >= 15 is 0 Å². The lowest BCUT2D eigenvalue weighted by atomic mass is 10.0. The zero-order valence-corrected chi connectivity index (χ0v) is 15.6. The van der Waals surface area contributed by atoms with E-state index in [9.17, 15) is 19.1 Å². The number of nitrogens with one attached hydrogen (secondary N) is 1. The molecule has 1 saturated heterocycles. The summed E-state index contributed by atoms with van der Waals surface area (Å²) >= 11 is 4.49. The molecule has 0 bridgehead atoms. The summed E-state index contributed by atoms with van der Waals surface area (Å²) in [5, 5.41) is 12.1. The normalized spacial score (nSPS) is 27.8. The van der Waals surface area contributed by atoms with Crippen molar-refractivity contribution in [1.29, 1.82) is 0 Å². The third kappa shape index (κ3) is 2.99. The number of carbonyl (C=O) groups excluding carboxylic acids is 1. The number of piperidine rings is 1. The molecule has 0 radical (unpaired) electrons. The fourth-order valence-electron chi connectivity index (χ4n) is 3.36. The van der Waals surface area contributed by atoms with Crippen LogP contribution < -0.4 is 5.32 Å². The van der Waals surface area contributed by atoms with Gasteiger partial charge in [-0.2, -0.15) is 11.8 Å². The number of amides is 2. The number of carboxylic acid groups (broad SMARTS) is 1. The van der Waals surface area contributed by atoms with Crippen LogP contribution in [0.4, 0.5) is 15.0 Å². The summed E-state index contributed by atoms with van der Waals surface area (Å²) in [6.45, 7) is 1.99. The van der Waals surface area contributed by atoms with Gasteiger partial charge in [-0.25, -0.2) is 14.2 Å². The lowest BCUT2D eigenvalue weighted by Gasteiger charge is -2.24. The van der Waals surface area contributed by atoms with Crippen LogP contribution in [0, 0.1) is 11.2 Å². The van der Waals surface area contributed by atoms with Crippen molar-refractivity contribution in [1.82, 2.24) is 9.88 Å². The Kier molecular flexibility index (Phi) is 4.50. The smallest absolute Gasteiger partial charge is 0.408 e. The van der Waals surface area contributed by atoms with Gasteiger partial charge in [0.05, 0.1) is 0 Å². The number of pyridine rings is 1. The summed E-state index contributed by atoms with van der Waals surface area (Å²) in [6.07, 6.45) is 2.07. The molecule has 2 aliphatic rings. The summed E-state index contributed by atoms with van der Waals surface area (Å²) in [5.41, 5.74) is 0.451. The Balaban J connectivity index is 1.82. The van der Waals surface area contributed by atoms with Crippen molar-refractivity contribution in [3.63, 3.8) is 0 Å². The van der Waals surface area contributed by atoms with Crippen LogP contribution in [-0.4, -0.2) is 45.3 Å². The number of anilines is 1. The number of rotatable bonds is 4. The second-order valence-electron chi connectivity index (χ2n) is 6.47. The highest BCUT2D eigenvalue weighted by atomic mass is 79.9. The SMILES string of the molecule is CSCc1cc(F)c(Br)nc1NC(=O)[C@@H]1C[C@@]2(C)C[C@H]2N1C(=O)O. The van der Waals surface area contributed by atoms with Crippen molar-refractivity contribution in [3.8, 4) is 0 Å². The van der Waals surface area contributed by atoms with Gasteiger partial charge < -0.3 is 10.4 Å². The number of hydrogen-bond acceptors (Lipinski definition) is 4. The molecule has 1 aromatic heterocycles. The van der Waals surface area contributed by atoms with Crippen LogP contribution in [0.2, 0.25) is 0 Å². The van der Waals surface area contributed by atoms with Gasteiger partial charge in [-0.3, -0.25) is 9.69 Å². The standard InChI is InChI=1S/C15H17BrFN3O3S/c1-15-4-9(20(14(22)23)10(15)5-15)13(21)19-12-7(6-24-2)3-8(17)11(16)18-12/h3,9-10H,4-6H2,1-2H3,(H,22,23)(H,18,19,21)/t9-,10+,15-/m0/s1. The quantitative estimate of drug-likeness (QED) is 0.734. The molecule has 0 spiro atoms. The van der Waals surface area contributed by atoms with E-state index in [1.54, 1.807) is 0 Å². The van der Waals surface area contributed by atoms with Crippen LogP contribution in [0.25, 0.3) is 0 Å². The molecule has 2 fully saturated rings. The maximum atomic E-state index is 13.7. The van der Waals surface area contributed by atoms with E-state index in [0.717, 1.165) is 6.42 Å². The summed E-state index contributed by atoms with van der Waals surface area (Å²) in [7, 11) is 0. The highest BCUT2D eigenvalue weighted by molar-refractivity contribution is 9.10. The topological polar surface area (TPSA) is 82.5 Å². The van der Waals surface area contributed by atoms with Crippen molar-refractivity contribution in [2.24, 2.45) is 5.41 Å². The van der Waals surface area contributed by atoms with Crippen molar-refractivity contribution in [2.45, 2.75) is 37.6 Å². The molecule has 2 heterocycles. The van der Waals surface area contributed by atoms with Gasteiger partial charge in [-0.1, -0.05) is 6.92 Å². The molecule has 1 aromatic rings. The molecule has 2 amide bonds. The van der Waals surface area contributed by atoms with Crippen LogP contribution in [0.5, 0.6) is 0 Å². The molecule has 1 saturated carbocycles. The summed E-state index contributed by atoms with van der Waals surface area (Å²) in [4.78, 5) is 29.4. The van der Waals surface area contributed by atoms with Crippen LogP contribution in [-0.2, 0) is 10.5 Å². The van der Waals surface area contributed by atoms with E-state index in [2.05, 4.69) is 26.2 Å². The molecule has 1 aliphatic heterocycles. The van der Waals surface area contributed by atoms with E-state index in [4.69, 9.17) is 0 Å². The molecule has 130 valence electrons. The van der Waals surface area contributed by atoms with Gasteiger partial charge in [-0.05, 0) is 46.5 Å². The maximum absolute atomic E-state index is 13.7. The fraction of sp³-hybridized carbons (Fsp3) is 0.533. The number of aromatic nitrogens is 1. The molecular weight excluding hydrogens is 401 g/mol. The van der Waals surface area contributed by atoms with E-state index in [-0.39, 0.29) is 21.9 Å². The number of hydrogen-bond donors (Lipinski definition) is 2. The van der Waals surface area contributed by atoms with E-state index < -0.39 is 23.9 Å². The fourth-order valence-corrected chi connectivity index (χ4v) is 4.18. The minimum absolute atomic E-state index is 0.0129. The Morgan fingerprint density at radius 1 is 1.58 bits per heavy atom. The highest BCUT2D eigenvalue weighted by Gasteiger charge is 2.64. The predicted octanol–water partition coefficient (Wildman–Crippen LogP) is 3.32. The highest BCUT2D eigenvalue weighted by Crippen LogP contribution is 2.59. The second-order valence-corrected chi connectivity index (χ2v) is 8.09. The van der Waals surface area contributed by atoms with Crippen LogP contribution in [0.15, 0.2) is 10.7 Å². The monoisotopic (exact) mass is 417 g/mol. The zero-order valence-electron chi connectivity index (χ0n) is 13.2. The van der Waals surface area contributed by atoms with E-state index in [0.29, 0.717) is 17.7 Å². The van der Waals surface area contributed by atoms with Gasteiger partial charge in [0.1, 0.15) is 16.5 Å². The van der Waals surface area contributed by atoms with Gasteiger partial charge in [0.15, 0.2) is 5.82 Å². The van der Waals surface area contributed by atoms with Gasteiger partial charge in [0, 0.05) is 17.4 Å². The first-order valence-corrected chi connectivity index (χ1v) is 9.61. The van der Waals surface area contributed by atoms with Gasteiger partial charge in [0.2, 0.25) is 5.91 Å². The first kappa shape index (κ1) is 17.5. The molecule has 1 aliphatic carbocycles. The first-order chi connectivity index (χ1) is 11.3. The second kappa shape index (κ2) is 6.18. The Morgan fingerprint density at radius 3 is 2.92 bits per heavy atom. The Morgan fingerprint density at radius 2 is 2.29 bits per heavy atom. The third-order valence-electron chi connectivity index (χ3n) is 4.71. The van der Waals surface area contributed by atoms with Gasteiger partial charge >= 0.3 is 6.09 Å². The summed E-state index contributed by atoms with van der Waals surface area (Å²) in [5.74, 6) is -0.169. The van der Waals surface area contributed by atoms with E-state index in [1.807, 2.05) is 13.2 Å². The maximum Gasteiger partial charge on any atom is 0.408 e. The molecule has 9 heteroatoms. The number of thioether (sulfide) groups is 1. The van der Waals surface area contributed by atoms with Crippen LogP contribution in [0.3, 0.4) is 0 Å². The van der Waals surface area contributed by atoms with Gasteiger partial charge in [-0.15, -0.1) is 0 Å². The molecule has 0 unspecified atom stereocenters. The lowest BCUT2D eigenvalue weighted by molar-refractivity contribution is -0.120. The minimum Gasteiger partial charge on any atom is -0.465 e. The summed E-state index contributed by atoms with van der Waals surface area (Å²) in [6, 6.07) is 0.495. The molecular formula is C15H17BrFN3O3S. The average Bonchev–Trinajstić information content (AvgIpc) is 3.05. The van der Waals surface area contributed by atoms with Crippen LogP contribution in [0.1, 0.15) is 25.3 Å². The third-order valence-corrected chi connectivity index (χ3v) is 5.87. The average molecular weight is 418 g/mol. The molecule has 0 aromatic carbocycles. The molecule has 6 nitrogen and oxygen atoms in total. The number of fused-ring (bicyclic) bond motifs is 1. The first-order valence-electron chi connectivity index (χ1n) is 7.43. The minimum atomic E-state index is -1.08. The number of nitrogens with zero attached hydrogens (tertiary/aromatic N) is 2. The summed E-state index contributed by atoms with van der Waals surface area (Å²) < 4.78 is 13.7. The predicted molar refractivity (Wildman–Crippen MR) is 92.5 cm³/mol. The molecule has 24 heavy (non-hydrogen) atoms. The molecule has 3 atom stereocenters. The molecule has 3 rings (SSSR count). The van der Waals surface area contributed by atoms with Crippen LogP contribution >= 0.6 is 27.7 Å². The van der Waals surface area contributed by atoms with Crippen molar-refractivity contribution >= 4 is 45.5 Å². The number of carbonyl (C=O) groups is 2. The van der Waals surface area contributed by atoms with Crippen molar-refractivity contribution in [3.05, 3.63) is 22.1 Å². The van der Waals surface area contributed by atoms with E-state index in [1.165, 1.54) is 22.7 Å². The van der Waals surface area contributed by atoms with Crippen molar-refractivity contribution < 1.29 is 19.1 Å². The van der Waals surface area contributed by atoms with Gasteiger partial charge in [0.25, 0.3) is 0 Å². The molecule has 2 N–H and O–H groups in total. The Labute approximate surface area is 151 Å².